The third kappa shape index (κ3) is 4.80. The van der Waals surface area contributed by atoms with E-state index < -0.39 is 0 Å². The lowest BCUT2D eigenvalue weighted by Gasteiger charge is -2.10. The molecule has 5 nitrogen and oxygen atoms in total. The van der Waals surface area contributed by atoms with E-state index in [0.717, 1.165) is 11.1 Å². The molecule has 0 bridgehead atoms. The Bertz CT molecular complexity index is 899. The minimum absolute atomic E-state index is 0.211. The van der Waals surface area contributed by atoms with Gasteiger partial charge in [0.25, 0.3) is 5.91 Å². The van der Waals surface area contributed by atoms with Gasteiger partial charge in [0, 0.05) is 24.3 Å². The number of amides is 1. The van der Waals surface area contributed by atoms with Crippen molar-refractivity contribution in [2.75, 3.05) is 5.32 Å². The van der Waals surface area contributed by atoms with E-state index in [4.69, 9.17) is 11.6 Å². The van der Waals surface area contributed by atoms with Crippen molar-refractivity contribution >= 4 is 23.5 Å². The lowest BCUT2D eigenvalue weighted by molar-refractivity contribution is 0.0949. The van der Waals surface area contributed by atoms with E-state index in [9.17, 15) is 4.79 Å². The minimum Gasteiger partial charge on any atom is -0.350 e. The van der Waals surface area contributed by atoms with Crippen LogP contribution in [0.15, 0.2) is 60.8 Å². The number of rotatable bonds is 6. The van der Waals surface area contributed by atoms with Crippen LogP contribution in [0, 0.1) is 6.92 Å². The molecular weight excluding hydrogens is 348 g/mol. The van der Waals surface area contributed by atoms with Crippen molar-refractivity contribution in [3.8, 4) is 0 Å². The number of carbonyl (C=O) groups is 1. The Morgan fingerprint density at radius 3 is 2.54 bits per heavy atom. The van der Waals surface area contributed by atoms with Gasteiger partial charge >= 0.3 is 0 Å². The fourth-order valence-corrected chi connectivity index (χ4v) is 2.69. The van der Waals surface area contributed by atoms with Crippen molar-refractivity contribution < 1.29 is 4.79 Å². The molecule has 0 unspecified atom stereocenters. The number of hydrogen-bond acceptors (Lipinski definition) is 4. The van der Waals surface area contributed by atoms with Gasteiger partial charge in [-0.15, -0.1) is 0 Å². The zero-order chi connectivity index (χ0) is 18.4. The molecule has 0 fully saturated rings. The average molecular weight is 367 g/mol. The van der Waals surface area contributed by atoms with E-state index >= 15 is 0 Å². The summed E-state index contributed by atoms with van der Waals surface area (Å²) in [4.78, 5) is 21.0. The van der Waals surface area contributed by atoms with Gasteiger partial charge in [-0.3, -0.25) is 4.79 Å². The molecule has 26 heavy (non-hydrogen) atoms. The highest BCUT2D eigenvalue weighted by molar-refractivity contribution is 6.30. The Morgan fingerprint density at radius 2 is 1.81 bits per heavy atom. The molecule has 0 spiro atoms. The van der Waals surface area contributed by atoms with Gasteiger partial charge in [-0.05, 0) is 30.2 Å². The van der Waals surface area contributed by atoms with Crippen LogP contribution in [0.25, 0.3) is 0 Å². The van der Waals surface area contributed by atoms with Gasteiger partial charge in [0.05, 0.1) is 11.3 Å². The lowest BCUT2D eigenvalue weighted by atomic mass is 10.2. The molecule has 3 rings (SSSR count). The summed E-state index contributed by atoms with van der Waals surface area (Å²) in [5.41, 5.74) is 3.15. The average Bonchev–Trinajstić information content (AvgIpc) is 2.65. The second-order valence-corrected chi connectivity index (χ2v) is 6.28. The molecule has 1 aromatic heterocycles. The minimum atomic E-state index is -0.211. The number of anilines is 1. The summed E-state index contributed by atoms with van der Waals surface area (Å²) < 4.78 is 0. The fraction of sp³-hybridized carbons (Fsp3) is 0.150. The van der Waals surface area contributed by atoms with Crippen LogP contribution in [0.4, 0.5) is 5.95 Å². The quantitative estimate of drug-likeness (QED) is 0.692. The molecular formula is C20H19ClN4O. The van der Waals surface area contributed by atoms with Crippen molar-refractivity contribution in [1.82, 2.24) is 15.3 Å². The van der Waals surface area contributed by atoms with Gasteiger partial charge in [0.1, 0.15) is 0 Å². The van der Waals surface area contributed by atoms with Gasteiger partial charge in [0.2, 0.25) is 5.95 Å². The molecule has 0 radical (unpaired) electrons. The number of aryl methyl sites for hydroxylation is 1. The Hall–Kier alpha value is -2.92. The van der Waals surface area contributed by atoms with Gasteiger partial charge in [-0.2, -0.15) is 0 Å². The van der Waals surface area contributed by atoms with Gasteiger partial charge in [-0.1, -0.05) is 54.1 Å². The van der Waals surface area contributed by atoms with Crippen molar-refractivity contribution in [3.05, 3.63) is 88.2 Å². The molecule has 6 heteroatoms. The van der Waals surface area contributed by atoms with Crippen molar-refractivity contribution in [3.63, 3.8) is 0 Å². The highest BCUT2D eigenvalue weighted by Gasteiger charge is 2.11. The van der Waals surface area contributed by atoms with E-state index in [1.807, 2.05) is 48.5 Å². The monoisotopic (exact) mass is 366 g/mol. The molecule has 1 amide bonds. The van der Waals surface area contributed by atoms with E-state index in [2.05, 4.69) is 20.6 Å². The summed E-state index contributed by atoms with van der Waals surface area (Å²) in [5.74, 6) is 0.287. The summed E-state index contributed by atoms with van der Waals surface area (Å²) in [6.07, 6.45) is 1.54. The maximum Gasteiger partial charge on any atom is 0.254 e. The highest BCUT2D eigenvalue weighted by atomic mass is 35.5. The van der Waals surface area contributed by atoms with E-state index in [-0.39, 0.29) is 5.91 Å². The predicted molar refractivity (Wildman–Crippen MR) is 103 cm³/mol. The Morgan fingerprint density at radius 1 is 1.04 bits per heavy atom. The standard InChI is InChI=1S/C20H19ClN4O/c1-14-18(19(26)22-12-16-8-5-9-17(21)10-16)13-24-20(25-14)23-11-15-6-3-2-4-7-15/h2-10,13H,11-12H2,1H3,(H,22,26)(H,23,24,25). The molecule has 2 aromatic carbocycles. The van der Waals surface area contributed by atoms with Gasteiger partial charge < -0.3 is 10.6 Å². The number of aromatic nitrogens is 2. The van der Waals surface area contributed by atoms with E-state index in [1.54, 1.807) is 19.2 Å². The second kappa shape index (κ2) is 8.45. The first-order valence-electron chi connectivity index (χ1n) is 8.26. The zero-order valence-electron chi connectivity index (χ0n) is 14.4. The number of hydrogen-bond donors (Lipinski definition) is 2. The summed E-state index contributed by atoms with van der Waals surface area (Å²) >= 11 is 5.95. The van der Waals surface area contributed by atoms with Gasteiger partial charge in [-0.25, -0.2) is 9.97 Å². The molecule has 1 heterocycles. The van der Waals surface area contributed by atoms with Crippen LogP contribution < -0.4 is 10.6 Å². The van der Waals surface area contributed by atoms with E-state index in [1.165, 1.54) is 0 Å². The molecule has 0 aliphatic heterocycles. The first-order valence-corrected chi connectivity index (χ1v) is 8.64. The molecule has 132 valence electrons. The molecule has 0 atom stereocenters. The smallest absolute Gasteiger partial charge is 0.254 e. The van der Waals surface area contributed by atoms with Crippen LogP contribution in [0.1, 0.15) is 27.2 Å². The lowest BCUT2D eigenvalue weighted by Crippen LogP contribution is -2.24. The number of carbonyl (C=O) groups excluding carboxylic acids is 1. The molecule has 0 aliphatic rings. The molecule has 0 saturated heterocycles. The fourth-order valence-electron chi connectivity index (χ4n) is 2.48. The van der Waals surface area contributed by atoms with Crippen LogP contribution in [0.2, 0.25) is 5.02 Å². The van der Waals surface area contributed by atoms with Crippen LogP contribution in [0.5, 0.6) is 0 Å². The summed E-state index contributed by atoms with van der Waals surface area (Å²) in [7, 11) is 0. The topological polar surface area (TPSA) is 66.9 Å². The van der Waals surface area contributed by atoms with Crippen LogP contribution in [0.3, 0.4) is 0 Å². The Kier molecular flexibility index (Phi) is 5.81. The number of nitrogens with one attached hydrogen (secondary N) is 2. The van der Waals surface area contributed by atoms with Crippen molar-refractivity contribution in [1.29, 1.82) is 0 Å². The molecule has 2 N–H and O–H groups in total. The van der Waals surface area contributed by atoms with Gasteiger partial charge in [0.15, 0.2) is 0 Å². The number of nitrogens with zero attached hydrogens (tertiary/aromatic N) is 2. The normalized spacial score (nSPS) is 10.4. The van der Waals surface area contributed by atoms with E-state index in [0.29, 0.717) is 35.3 Å². The predicted octanol–water partition coefficient (Wildman–Crippen LogP) is 3.98. The first kappa shape index (κ1) is 17.9. The van der Waals surface area contributed by atoms with Crippen LogP contribution in [-0.2, 0) is 13.1 Å². The van der Waals surface area contributed by atoms with Crippen LogP contribution in [-0.4, -0.2) is 15.9 Å². The third-order valence-corrected chi connectivity index (χ3v) is 4.09. The van der Waals surface area contributed by atoms with Crippen LogP contribution >= 0.6 is 11.6 Å². The molecule has 3 aromatic rings. The SMILES string of the molecule is Cc1nc(NCc2ccccc2)ncc1C(=O)NCc1cccc(Cl)c1. The highest BCUT2D eigenvalue weighted by Crippen LogP contribution is 2.12. The summed E-state index contributed by atoms with van der Waals surface area (Å²) in [5, 5.41) is 6.67. The second-order valence-electron chi connectivity index (χ2n) is 5.84. The molecule has 0 aliphatic carbocycles. The summed E-state index contributed by atoms with van der Waals surface area (Å²) in [6, 6.07) is 17.4. The largest absolute Gasteiger partial charge is 0.350 e. The maximum absolute atomic E-state index is 12.4. The Labute approximate surface area is 157 Å². The summed E-state index contributed by atoms with van der Waals surface area (Å²) in [6.45, 7) is 2.82. The van der Waals surface area contributed by atoms with Crippen molar-refractivity contribution in [2.24, 2.45) is 0 Å². The molecule has 0 saturated carbocycles. The zero-order valence-corrected chi connectivity index (χ0v) is 15.1. The Balaban J connectivity index is 1.60. The van der Waals surface area contributed by atoms with Crippen molar-refractivity contribution in [2.45, 2.75) is 20.0 Å². The third-order valence-electron chi connectivity index (χ3n) is 3.86. The first-order chi connectivity index (χ1) is 12.6. The maximum atomic E-state index is 12.4. The number of benzene rings is 2. The number of halogens is 1.